The SMILES string of the molecule is COc1cc(C)c(NC(=O)C2(CN)CC2)c(OC)c1. The molecule has 1 aliphatic rings. The maximum atomic E-state index is 12.2. The Morgan fingerprint density at radius 3 is 2.53 bits per heavy atom. The summed E-state index contributed by atoms with van der Waals surface area (Å²) in [5.41, 5.74) is 6.88. The number of methoxy groups -OCH3 is 2. The lowest BCUT2D eigenvalue weighted by atomic mass is 10.1. The number of amides is 1. The van der Waals surface area contributed by atoms with Crippen molar-refractivity contribution in [2.45, 2.75) is 19.8 Å². The summed E-state index contributed by atoms with van der Waals surface area (Å²) in [7, 11) is 3.17. The van der Waals surface area contributed by atoms with E-state index in [9.17, 15) is 4.79 Å². The van der Waals surface area contributed by atoms with Gasteiger partial charge in [0, 0.05) is 12.6 Å². The first kappa shape index (κ1) is 13.7. The van der Waals surface area contributed by atoms with E-state index in [2.05, 4.69) is 5.32 Å². The number of rotatable bonds is 5. The van der Waals surface area contributed by atoms with E-state index < -0.39 is 0 Å². The molecule has 1 amide bonds. The molecule has 2 rings (SSSR count). The Bertz CT molecular complexity index is 496. The van der Waals surface area contributed by atoms with Crippen molar-refractivity contribution >= 4 is 11.6 Å². The predicted octanol–water partition coefficient (Wildman–Crippen LogP) is 1.69. The normalized spacial score (nSPS) is 15.8. The van der Waals surface area contributed by atoms with Crippen LogP contribution in [-0.2, 0) is 4.79 Å². The Kier molecular flexibility index (Phi) is 3.66. The Labute approximate surface area is 113 Å². The van der Waals surface area contributed by atoms with E-state index in [1.807, 2.05) is 13.0 Å². The third-order valence-corrected chi connectivity index (χ3v) is 3.69. The van der Waals surface area contributed by atoms with Crippen LogP contribution >= 0.6 is 0 Å². The fraction of sp³-hybridized carbons (Fsp3) is 0.500. The standard InChI is InChI=1S/C14H20N2O3/c1-9-6-10(18-2)7-11(19-3)12(9)16-13(17)14(8-15)4-5-14/h6-7H,4-5,8,15H2,1-3H3,(H,16,17). The van der Waals surface area contributed by atoms with Crippen LogP contribution in [0.15, 0.2) is 12.1 Å². The predicted molar refractivity (Wildman–Crippen MR) is 73.6 cm³/mol. The number of benzene rings is 1. The number of carbonyl (C=O) groups excluding carboxylic acids is 1. The molecular formula is C14H20N2O3. The van der Waals surface area contributed by atoms with Gasteiger partial charge in [-0.1, -0.05) is 0 Å². The summed E-state index contributed by atoms with van der Waals surface area (Å²) in [6.07, 6.45) is 1.71. The molecule has 1 aromatic rings. The van der Waals surface area contributed by atoms with Gasteiger partial charge in [0.1, 0.15) is 11.5 Å². The Morgan fingerprint density at radius 2 is 2.05 bits per heavy atom. The van der Waals surface area contributed by atoms with Gasteiger partial charge in [-0.3, -0.25) is 4.79 Å². The highest BCUT2D eigenvalue weighted by atomic mass is 16.5. The van der Waals surface area contributed by atoms with Crippen LogP contribution in [0.1, 0.15) is 18.4 Å². The second-order valence-corrected chi connectivity index (χ2v) is 4.96. The fourth-order valence-electron chi connectivity index (χ4n) is 2.08. The number of nitrogens with one attached hydrogen (secondary N) is 1. The summed E-state index contributed by atoms with van der Waals surface area (Å²) < 4.78 is 10.5. The van der Waals surface area contributed by atoms with Crippen molar-refractivity contribution in [2.75, 3.05) is 26.1 Å². The van der Waals surface area contributed by atoms with Gasteiger partial charge < -0.3 is 20.5 Å². The Balaban J connectivity index is 2.27. The zero-order valence-electron chi connectivity index (χ0n) is 11.6. The summed E-state index contributed by atoms with van der Waals surface area (Å²) in [6.45, 7) is 2.29. The number of carbonyl (C=O) groups is 1. The minimum Gasteiger partial charge on any atom is -0.497 e. The van der Waals surface area contributed by atoms with Crippen molar-refractivity contribution in [3.63, 3.8) is 0 Å². The van der Waals surface area contributed by atoms with Crippen molar-refractivity contribution in [2.24, 2.45) is 11.1 Å². The summed E-state index contributed by atoms with van der Waals surface area (Å²) >= 11 is 0. The van der Waals surface area contributed by atoms with E-state index in [0.717, 1.165) is 18.4 Å². The zero-order chi connectivity index (χ0) is 14.0. The Hall–Kier alpha value is -1.75. The van der Waals surface area contributed by atoms with Gasteiger partial charge in [-0.2, -0.15) is 0 Å². The van der Waals surface area contributed by atoms with E-state index in [1.165, 1.54) is 0 Å². The highest BCUT2D eigenvalue weighted by molar-refractivity contribution is 5.99. The number of anilines is 1. The van der Waals surface area contributed by atoms with Gasteiger partial charge >= 0.3 is 0 Å². The molecule has 1 aliphatic carbocycles. The fourth-order valence-corrected chi connectivity index (χ4v) is 2.08. The quantitative estimate of drug-likeness (QED) is 0.848. The molecule has 0 aromatic heterocycles. The van der Waals surface area contributed by atoms with E-state index in [1.54, 1.807) is 20.3 Å². The van der Waals surface area contributed by atoms with Gasteiger partial charge in [0.05, 0.1) is 25.3 Å². The molecule has 0 unspecified atom stereocenters. The average Bonchev–Trinajstić information content (AvgIpc) is 3.21. The minimum absolute atomic E-state index is 0.0263. The van der Waals surface area contributed by atoms with Crippen LogP contribution in [0.3, 0.4) is 0 Å². The first-order chi connectivity index (χ1) is 9.06. The molecule has 5 heteroatoms. The number of hydrogen-bond donors (Lipinski definition) is 2. The molecule has 19 heavy (non-hydrogen) atoms. The van der Waals surface area contributed by atoms with E-state index in [4.69, 9.17) is 15.2 Å². The minimum atomic E-state index is -0.378. The molecule has 1 aromatic carbocycles. The lowest BCUT2D eigenvalue weighted by molar-refractivity contribution is -0.120. The number of nitrogens with two attached hydrogens (primary N) is 1. The third-order valence-electron chi connectivity index (χ3n) is 3.69. The third kappa shape index (κ3) is 2.51. The highest BCUT2D eigenvalue weighted by Crippen LogP contribution is 2.46. The van der Waals surface area contributed by atoms with Crippen LogP contribution in [0, 0.1) is 12.3 Å². The van der Waals surface area contributed by atoms with Gasteiger partial charge in [0.2, 0.25) is 5.91 Å². The van der Waals surface area contributed by atoms with E-state index >= 15 is 0 Å². The van der Waals surface area contributed by atoms with Gasteiger partial charge in [-0.25, -0.2) is 0 Å². The lowest BCUT2D eigenvalue weighted by Crippen LogP contribution is -2.31. The van der Waals surface area contributed by atoms with E-state index in [0.29, 0.717) is 23.7 Å². The monoisotopic (exact) mass is 264 g/mol. The molecular weight excluding hydrogens is 244 g/mol. The van der Waals surface area contributed by atoms with Crippen molar-refractivity contribution < 1.29 is 14.3 Å². The van der Waals surface area contributed by atoms with Gasteiger partial charge in [0.25, 0.3) is 0 Å². The molecule has 0 saturated heterocycles. The van der Waals surface area contributed by atoms with Crippen molar-refractivity contribution in [3.05, 3.63) is 17.7 Å². The molecule has 0 radical (unpaired) electrons. The molecule has 0 spiro atoms. The smallest absolute Gasteiger partial charge is 0.231 e. The zero-order valence-corrected chi connectivity index (χ0v) is 11.6. The van der Waals surface area contributed by atoms with Gasteiger partial charge in [-0.15, -0.1) is 0 Å². The largest absolute Gasteiger partial charge is 0.497 e. The van der Waals surface area contributed by atoms with Gasteiger partial charge in [-0.05, 0) is 31.4 Å². The first-order valence-electron chi connectivity index (χ1n) is 6.30. The molecule has 0 aliphatic heterocycles. The molecule has 0 atom stereocenters. The van der Waals surface area contributed by atoms with Crippen LogP contribution in [0.2, 0.25) is 0 Å². The highest BCUT2D eigenvalue weighted by Gasteiger charge is 2.48. The molecule has 5 nitrogen and oxygen atoms in total. The number of ether oxygens (including phenoxy) is 2. The number of hydrogen-bond acceptors (Lipinski definition) is 4. The second-order valence-electron chi connectivity index (χ2n) is 4.96. The average molecular weight is 264 g/mol. The van der Waals surface area contributed by atoms with Crippen LogP contribution in [-0.4, -0.2) is 26.7 Å². The summed E-state index contributed by atoms with van der Waals surface area (Å²) in [4.78, 5) is 12.2. The van der Waals surface area contributed by atoms with Crippen LogP contribution in [0.5, 0.6) is 11.5 Å². The Morgan fingerprint density at radius 1 is 1.37 bits per heavy atom. The second kappa shape index (κ2) is 5.09. The van der Waals surface area contributed by atoms with Crippen molar-refractivity contribution in [1.82, 2.24) is 0 Å². The molecule has 1 fully saturated rings. The van der Waals surface area contributed by atoms with Gasteiger partial charge in [0.15, 0.2) is 0 Å². The molecule has 0 heterocycles. The van der Waals surface area contributed by atoms with E-state index in [-0.39, 0.29) is 11.3 Å². The van der Waals surface area contributed by atoms with Crippen LogP contribution in [0.25, 0.3) is 0 Å². The topological polar surface area (TPSA) is 73.6 Å². The maximum Gasteiger partial charge on any atom is 0.231 e. The van der Waals surface area contributed by atoms with Crippen LogP contribution < -0.4 is 20.5 Å². The summed E-state index contributed by atoms with van der Waals surface area (Å²) in [5, 5.41) is 2.94. The van der Waals surface area contributed by atoms with Crippen molar-refractivity contribution in [3.8, 4) is 11.5 Å². The molecule has 104 valence electrons. The van der Waals surface area contributed by atoms with Crippen LogP contribution in [0.4, 0.5) is 5.69 Å². The number of aryl methyl sites for hydroxylation is 1. The summed E-state index contributed by atoms with van der Waals surface area (Å²) in [6, 6.07) is 3.62. The molecule has 0 bridgehead atoms. The first-order valence-corrected chi connectivity index (χ1v) is 6.30. The molecule has 3 N–H and O–H groups in total. The summed E-state index contributed by atoms with van der Waals surface area (Å²) in [5.74, 6) is 1.27. The lowest BCUT2D eigenvalue weighted by Gasteiger charge is -2.18. The maximum absolute atomic E-state index is 12.2. The van der Waals surface area contributed by atoms with Crippen molar-refractivity contribution in [1.29, 1.82) is 0 Å². The molecule has 1 saturated carbocycles.